The molecule has 0 fully saturated rings. The Morgan fingerprint density at radius 1 is 0.755 bits per heavy atom. The van der Waals surface area contributed by atoms with Gasteiger partial charge >= 0.3 is 0 Å². The second-order valence-electron chi connectivity index (χ2n) is 15.6. The summed E-state index contributed by atoms with van der Waals surface area (Å²) in [7, 11) is -1.34. The van der Waals surface area contributed by atoms with E-state index in [9.17, 15) is 0 Å². The van der Waals surface area contributed by atoms with Gasteiger partial charge in [0.2, 0.25) is 0 Å². The van der Waals surface area contributed by atoms with Crippen LogP contribution in [0.4, 0.5) is 0 Å². The van der Waals surface area contributed by atoms with E-state index < -0.39 is 8.07 Å². The fraction of sp³-hybridized carbons (Fsp3) is 0.234. The maximum absolute atomic E-state index is 5.07. The first kappa shape index (κ1) is 38.5. The van der Waals surface area contributed by atoms with Crippen LogP contribution in [-0.2, 0) is 32.9 Å². The van der Waals surface area contributed by atoms with Gasteiger partial charge in [-0.1, -0.05) is 135 Å². The standard InChI is InChI=1S/C29H23N2S.C18H24NSi.Ir/c1-19(2)15-20-11-14-24-25(18-32-28(24)16-20)29-30-26-9-5-6-10-27(26)31(29)23-13-12-21-7-3-4-8-22(21)17-23;1-14(2)11-16-12-17(15-9-7-6-8-10-15)19-13-18(16)20(3,4)5;/h3-14,16-17,19H,15H2,1-2H3;6-9,12-14H,11H2,1-5H3;/q2*-1;. The van der Waals surface area contributed by atoms with Crippen LogP contribution < -0.4 is 5.19 Å². The summed E-state index contributed by atoms with van der Waals surface area (Å²) in [5, 5.41) is 8.76. The van der Waals surface area contributed by atoms with Crippen LogP contribution in [0.3, 0.4) is 0 Å². The Morgan fingerprint density at radius 3 is 2.23 bits per heavy atom. The maximum atomic E-state index is 5.07. The topological polar surface area (TPSA) is 30.7 Å². The summed E-state index contributed by atoms with van der Waals surface area (Å²) in [6.07, 6.45) is 4.33. The van der Waals surface area contributed by atoms with Gasteiger partial charge in [-0.2, -0.15) is 0 Å². The van der Waals surface area contributed by atoms with Gasteiger partial charge < -0.3 is 9.55 Å². The molecule has 6 heteroatoms. The van der Waals surface area contributed by atoms with E-state index in [-0.39, 0.29) is 20.1 Å². The third-order valence-corrected chi connectivity index (χ3v) is 12.3. The second kappa shape index (κ2) is 16.4. The van der Waals surface area contributed by atoms with Gasteiger partial charge in [-0.15, -0.1) is 47.3 Å². The van der Waals surface area contributed by atoms with Crippen molar-refractivity contribution < 1.29 is 20.1 Å². The summed E-state index contributed by atoms with van der Waals surface area (Å²) < 4.78 is 3.55. The predicted octanol–water partition coefficient (Wildman–Crippen LogP) is 12.3. The number of pyridine rings is 1. The Bertz CT molecular complexity index is 2470. The van der Waals surface area contributed by atoms with Gasteiger partial charge in [0, 0.05) is 32.0 Å². The van der Waals surface area contributed by atoms with E-state index in [1.54, 1.807) is 11.3 Å². The second-order valence-corrected chi connectivity index (χ2v) is 21.5. The quantitative estimate of drug-likeness (QED) is 0.112. The minimum Gasteiger partial charge on any atom is -0.333 e. The predicted molar refractivity (Wildman–Crippen MR) is 227 cm³/mol. The molecule has 0 aliphatic carbocycles. The molecule has 1 radical (unpaired) electrons. The Hall–Kier alpha value is -4.19. The zero-order valence-corrected chi connectivity index (χ0v) is 35.9. The first-order chi connectivity index (χ1) is 25.0. The van der Waals surface area contributed by atoms with Crippen LogP contribution in [0.25, 0.3) is 60.2 Å². The van der Waals surface area contributed by atoms with E-state index in [0.717, 1.165) is 52.2 Å². The molecular weight excluding hydrogens is 859 g/mol. The van der Waals surface area contributed by atoms with E-state index in [4.69, 9.17) is 4.98 Å². The Labute approximate surface area is 333 Å². The van der Waals surface area contributed by atoms with Crippen molar-refractivity contribution in [2.24, 2.45) is 11.8 Å². The van der Waals surface area contributed by atoms with E-state index >= 15 is 0 Å². The van der Waals surface area contributed by atoms with Crippen molar-refractivity contribution in [1.82, 2.24) is 14.5 Å². The number of imidazole rings is 1. The van der Waals surface area contributed by atoms with Crippen LogP contribution in [0.1, 0.15) is 38.8 Å². The van der Waals surface area contributed by atoms with Crippen molar-refractivity contribution in [3.63, 3.8) is 0 Å². The SMILES string of the molecule is CC(C)Cc1cc(-c2[c-]cccc2)ncc1[Si](C)(C)C.CC(C)Cc1ccc2c(-c3nc4ccccc4n3-c3ccc4ccccc4c3)[c-]sc2c1.[Ir]. The van der Waals surface area contributed by atoms with E-state index in [2.05, 4.69) is 172 Å². The first-order valence-electron chi connectivity index (χ1n) is 18.4. The van der Waals surface area contributed by atoms with Crippen molar-refractivity contribution >= 4 is 56.5 Å². The summed E-state index contributed by atoms with van der Waals surface area (Å²) in [6.45, 7) is 16.3. The van der Waals surface area contributed by atoms with E-state index in [1.165, 1.54) is 37.2 Å². The Morgan fingerprint density at radius 2 is 1.49 bits per heavy atom. The van der Waals surface area contributed by atoms with Gasteiger partial charge in [0.1, 0.15) is 0 Å². The van der Waals surface area contributed by atoms with Crippen LogP contribution in [0.5, 0.6) is 0 Å². The van der Waals surface area contributed by atoms with Gasteiger partial charge in [-0.25, -0.2) is 0 Å². The molecule has 0 saturated heterocycles. The number of para-hydroxylation sites is 2. The molecule has 271 valence electrons. The Kier molecular flexibility index (Phi) is 12.0. The van der Waals surface area contributed by atoms with Gasteiger partial charge in [-0.05, 0) is 70.6 Å². The normalized spacial score (nSPS) is 11.6. The molecule has 3 aromatic heterocycles. The zero-order chi connectivity index (χ0) is 36.4. The third-order valence-electron chi connectivity index (χ3n) is 9.41. The summed E-state index contributed by atoms with van der Waals surface area (Å²) in [5.41, 5.74) is 9.30. The van der Waals surface area contributed by atoms with Crippen LogP contribution in [-0.4, -0.2) is 22.6 Å². The molecule has 0 bridgehead atoms. The van der Waals surface area contributed by atoms with E-state index in [1.807, 2.05) is 18.2 Å². The summed E-state index contributed by atoms with van der Waals surface area (Å²) >= 11 is 1.69. The van der Waals surface area contributed by atoms with Crippen molar-refractivity contribution in [2.45, 2.75) is 60.2 Å². The van der Waals surface area contributed by atoms with Crippen molar-refractivity contribution in [3.05, 3.63) is 144 Å². The van der Waals surface area contributed by atoms with Crippen molar-refractivity contribution in [2.75, 3.05) is 0 Å². The fourth-order valence-corrected chi connectivity index (χ4v) is 9.53. The Balaban J connectivity index is 0.000000199. The minimum atomic E-state index is -1.34. The summed E-state index contributed by atoms with van der Waals surface area (Å²) in [6, 6.07) is 44.0. The van der Waals surface area contributed by atoms with Gasteiger partial charge in [0.05, 0.1) is 24.9 Å². The minimum absolute atomic E-state index is 0. The van der Waals surface area contributed by atoms with Crippen LogP contribution in [0.15, 0.2) is 121 Å². The average Bonchev–Trinajstić information content (AvgIpc) is 3.72. The monoisotopic (exact) mass is 906 g/mol. The molecule has 8 aromatic rings. The molecule has 0 spiro atoms. The summed E-state index contributed by atoms with van der Waals surface area (Å²) in [4.78, 5) is 9.76. The number of benzene rings is 5. The third kappa shape index (κ3) is 8.63. The molecular formula is C47H47IrN3SSi-2. The number of fused-ring (bicyclic) bond motifs is 3. The van der Waals surface area contributed by atoms with Gasteiger partial charge in [0.15, 0.2) is 0 Å². The average molecular weight is 906 g/mol. The van der Waals surface area contributed by atoms with Gasteiger partial charge in [-0.3, -0.25) is 16.3 Å². The number of hydrogen-bond acceptors (Lipinski definition) is 3. The maximum Gasteiger partial charge on any atom is 0.0798 e. The molecule has 0 amide bonds. The van der Waals surface area contributed by atoms with Crippen molar-refractivity contribution in [3.8, 4) is 28.3 Å². The molecule has 5 aromatic carbocycles. The summed E-state index contributed by atoms with van der Waals surface area (Å²) in [5.74, 6) is 2.26. The molecule has 0 N–H and O–H groups in total. The molecule has 0 saturated carbocycles. The number of aromatic nitrogens is 3. The van der Waals surface area contributed by atoms with Gasteiger partial charge in [0.25, 0.3) is 0 Å². The van der Waals surface area contributed by atoms with Crippen LogP contribution in [0, 0.1) is 23.3 Å². The smallest absolute Gasteiger partial charge is 0.0798 e. The largest absolute Gasteiger partial charge is 0.333 e. The van der Waals surface area contributed by atoms with Crippen LogP contribution in [0.2, 0.25) is 19.6 Å². The molecule has 0 aliphatic heterocycles. The molecule has 3 nitrogen and oxygen atoms in total. The number of thiophene rings is 1. The molecule has 8 rings (SSSR count). The fourth-order valence-electron chi connectivity index (χ4n) is 7.04. The van der Waals surface area contributed by atoms with E-state index in [0.29, 0.717) is 11.8 Å². The van der Waals surface area contributed by atoms with Crippen LogP contribution >= 0.6 is 11.3 Å². The molecule has 53 heavy (non-hydrogen) atoms. The van der Waals surface area contributed by atoms with Crippen molar-refractivity contribution in [1.29, 1.82) is 0 Å². The number of rotatable bonds is 8. The molecule has 0 unspecified atom stereocenters. The molecule has 3 heterocycles. The first-order valence-corrected chi connectivity index (χ1v) is 22.7. The number of hydrogen-bond donors (Lipinski definition) is 0. The molecule has 0 atom stereocenters. The number of nitrogens with zero attached hydrogens (tertiary/aromatic N) is 3. The zero-order valence-electron chi connectivity index (χ0n) is 31.7. The molecule has 0 aliphatic rings.